The lowest BCUT2D eigenvalue weighted by Crippen LogP contribution is -2.15. The third-order valence-electron chi connectivity index (χ3n) is 2.55. The predicted octanol–water partition coefficient (Wildman–Crippen LogP) is 2.21. The van der Waals surface area contributed by atoms with E-state index in [0.29, 0.717) is 30.1 Å². The Morgan fingerprint density at radius 1 is 1.32 bits per heavy atom. The van der Waals surface area contributed by atoms with Gasteiger partial charge in [0.15, 0.2) is 11.5 Å². The molecule has 1 aliphatic rings. The van der Waals surface area contributed by atoms with Crippen LogP contribution in [0.25, 0.3) is 0 Å². The summed E-state index contributed by atoms with van der Waals surface area (Å²) < 4.78 is 12.1. The molecule has 19 heavy (non-hydrogen) atoms. The Balaban J connectivity index is 1.77. The molecule has 1 aliphatic heterocycles. The fourth-order valence-electron chi connectivity index (χ4n) is 1.68. The zero-order valence-corrected chi connectivity index (χ0v) is 12.3. The number of hydrogen-bond donors (Lipinski definition) is 2. The van der Waals surface area contributed by atoms with Gasteiger partial charge in [-0.3, -0.25) is 0 Å². The number of hydrogen-bond acceptors (Lipinski definition) is 6. The fourth-order valence-corrected chi connectivity index (χ4v) is 3.13. The highest BCUT2D eigenvalue weighted by Gasteiger charge is 2.15. The van der Waals surface area contributed by atoms with Gasteiger partial charge in [0.1, 0.15) is 13.2 Å². The lowest BCUT2D eigenvalue weighted by molar-refractivity contribution is 0.171. The fraction of sp³-hybridized carbons (Fsp3) is 0.273. The van der Waals surface area contributed by atoms with E-state index < -0.39 is 0 Å². The minimum Gasteiger partial charge on any atom is -0.486 e. The molecule has 1 aromatic heterocycles. The summed E-state index contributed by atoms with van der Waals surface area (Å²) in [6.45, 7) is 1.17. The molecule has 100 valence electrons. The van der Waals surface area contributed by atoms with Crippen molar-refractivity contribution >= 4 is 33.6 Å². The Bertz CT molecular complexity index is 604. The first-order chi connectivity index (χ1) is 9.22. The Labute approximate surface area is 122 Å². The minimum absolute atomic E-state index is 0.323. The maximum Gasteiger partial charge on any atom is 0.216 e. The summed E-state index contributed by atoms with van der Waals surface area (Å²) in [5.41, 5.74) is 6.58. The summed E-state index contributed by atoms with van der Waals surface area (Å²) in [5.74, 6) is 2.59. The molecule has 0 spiro atoms. The molecule has 6 nitrogen and oxygen atoms in total. The number of nitrogens with zero attached hydrogens (tertiary/aromatic N) is 2. The van der Waals surface area contributed by atoms with Crippen molar-refractivity contribution in [3.63, 3.8) is 0 Å². The van der Waals surface area contributed by atoms with Crippen molar-refractivity contribution in [3.8, 4) is 11.5 Å². The van der Waals surface area contributed by atoms with Gasteiger partial charge in [-0.2, -0.15) is 4.98 Å². The number of halogens is 1. The number of aromatic nitrogens is 3. The molecule has 0 radical (unpaired) electrons. The van der Waals surface area contributed by atoms with Crippen LogP contribution in [0.4, 0.5) is 5.95 Å². The number of anilines is 1. The molecule has 0 bridgehead atoms. The van der Waals surface area contributed by atoms with E-state index in [1.807, 2.05) is 12.1 Å². The largest absolute Gasteiger partial charge is 0.486 e. The van der Waals surface area contributed by atoms with Crippen LogP contribution >= 0.6 is 27.7 Å². The van der Waals surface area contributed by atoms with Crippen LogP contribution in [0.5, 0.6) is 11.5 Å². The molecular formula is C11H11BrN4O2S. The van der Waals surface area contributed by atoms with Gasteiger partial charge in [0.25, 0.3) is 0 Å². The molecule has 0 unspecified atom stereocenters. The zero-order valence-electron chi connectivity index (χ0n) is 9.85. The van der Waals surface area contributed by atoms with Gasteiger partial charge in [-0.05, 0) is 17.7 Å². The molecule has 0 atom stereocenters. The highest BCUT2D eigenvalue weighted by molar-refractivity contribution is 9.10. The van der Waals surface area contributed by atoms with Crippen molar-refractivity contribution in [2.45, 2.75) is 10.9 Å². The van der Waals surface area contributed by atoms with Crippen LogP contribution < -0.4 is 15.2 Å². The molecule has 3 rings (SSSR count). The summed E-state index contributed by atoms with van der Waals surface area (Å²) in [4.78, 5) is 4.05. The normalized spacial score (nSPS) is 13.5. The molecule has 0 fully saturated rings. The highest BCUT2D eigenvalue weighted by atomic mass is 79.9. The molecule has 2 heterocycles. The highest BCUT2D eigenvalue weighted by Crippen LogP contribution is 2.37. The second-order valence-corrected chi connectivity index (χ2v) is 5.68. The average molecular weight is 343 g/mol. The molecule has 0 saturated heterocycles. The molecular weight excluding hydrogens is 332 g/mol. The van der Waals surface area contributed by atoms with Gasteiger partial charge in [-0.15, -0.1) is 5.10 Å². The second-order valence-electron chi connectivity index (χ2n) is 3.88. The first-order valence-electron chi connectivity index (χ1n) is 5.61. The van der Waals surface area contributed by atoms with Crippen molar-refractivity contribution in [3.05, 3.63) is 22.2 Å². The minimum atomic E-state index is 0.323. The van der Waals surface area contributed by atoms with Crippen LogP contribution in [0, 0.1) is 0 Å². The van der Waals surface area contributed by atoms with E-state index in [4.69, 9.17) is 15.2 Å². The maximum atomic E-state index is 5.56. The molecule has 0 amide bonds. The van der Waals surface area contributed by atoms with Crippen LogP contribution in [0.2, 0.25) is 0 Å². The predicted molar refractivity (Wildman–Crippen MR) is 75.5 cm³/mol. The number of nitrogens with one attached hydrogen (secondary N) is 1. The number of benzene rings is 1. The van der Waals surface area contributed by atoms with E-state index in [1.165, 1.54) is 11.8 Å². The summed E-state index contributed by atoms with van der Waals surface area (Å²) >= 11 is 5.03. The molecule has 0 saturated carbocycles. The van der Waals surface area contributed by atoms with E-state index in [-0.39, 0.29) is 0 Å². The van der Waals surface area contributed by atoms with Crippen LogP contribution in [-0.4, -0.2) is 28.4 Å². The van der Waals surface area contributed by atoms with Gasteiger partial charge in [0.05, 0.1) is 0 Å². The lowest BCUT2D eigenvalue weighted by Gasteiger charge is -2.19. The van der Waals surface area contributed by atoms with Crippen LogP contribution in [0.3, 0.4) is 0 Å². The van der Waals surface area contributed by atoms with Crippen molar-refractivity contribution in [1.82, 2.24) is 15.2 Å². The number of fused-ring (bicyclic) bond motifs is 1. The van der Waals surface area contributed by atoms with Crippen molar-refractivity contribution < 1.29 is 9.47 Å². The second kappa shape index (κ2) is 5.30. The van der Waals surface area contributed by atoms with Gasteiger partial charge in [0, 0.05) is 10.2 Å². The smallest absolute Gasteiger partial charge is 0.216 e. The van der Waals surface area contributed by atoms with Crippen LogP contribution in [-0.2, 0) is 5.75 Å². The van der Waals surface area contributed by atoms with Gasteiger partial charge in [0.2, 0.25) is 11.1 Å². The Morgan fingerprint density at radius 2 is 2.05 bits per heavy atom. The molecule has 8 heteroatoms. The molecule has 3 N–H and O–H groups in total. The van der Waals surface area contributed by atoms with Gasteiger partial charge >= 0.3 is 0 Å². The van der Waals surface area contributed by atoms with Crippen LogP contribution in [0.15, 0.2) is 21.8 Å². The summed E-state index contributed by atoms with van der Waals surface area (Å²) in [5, 5.41) is 7.21. The van der Waals surface area contributed by atoms with E-state index in [2.05, 4.69) is 31.1 Å². The zero-order chi connectivity index (χ0) is 13.2. The third-order valence-corrected chi connectivity index (χ3v) is 4.18. The monoisotopic (exact) mass is 342 g/mol. The molecule has 1 aromatic carbocycles. The number of H-pyrrole nitrogens is 1. The van der Waals surface area contributed by atoms with Crippen molar-refractivity contribution in [2.24, 2.45) is 0 Å². The van der Waals surface area contributed by atoms with E-state index in [0.717, 1.165) is 21.5 Å². The topological polar surface area (TPSA) is 86.1 Å². The van der Waals surface area contributed by atoms with E-state index in [1.54, 1.807) is 0 Å². The number of nitrogens with two attached hydrogens (primary N) is 1. The maximum absolute atomic E-state index is 5.56. The van der Waals surface area contributed by atoms with Crippen molar-refractivity contribution in [2.75, 3.05) is 18.9 Å². The Morgan fingerprint density at radius 3 is 2.74 bits per heavy atom. The SMILES string of the molecule is Nc1nc(SCc2cc3c(cc2Br)OCCO3)n[nH]1. The first-order valence-corrected chi connectivity index (χ1v) is 7.39. The Hall–Kier alpha value is -1.41. The van der Waals surface area contributed by atoms with Gasteiger partial charge < -0.3 is 15.2 Å². The average Bonchev–Trinajstić information content (AvgIpc) is 2.82. The number of rotatable bonds is 3. The van der Waals surface area contributed by atoms with Gasteiger partial charge in [-0.1, -0.05) is 27.7 Å². The number of thioether (sulfide) groups is 1. The molecule has 0 aliphatic carbocycles. The number of aromatic amines is 1. The summed E-state index contributed by atoms with van der Waals surface area (Å²) in [6, 6.07) is 3.90. The van der Waals surface area contributed by atoms with E-state index in [9.17, 15) is 0 Å². The van der Waals surface area contributed by atoms with Gasteiger partial charge in [-0.25, -0.2) is 5.10 Å². The number of nitrogen functional groups attached to an aromatic ring is 1. The molecule has 2 aromatic rings. The third kappa shape index (κ3) is 2.79. The lowest BCUT2D eigenvalue weighted by atomic mass is 10.2. The standard InChI is InChI=1S/C11H11BrN4O2S/c12-7-4-9-8(17-1-2-18-9)3-6(7)5-19-11-14-10(13)15-16-11/h3-4H,1-2,5H2,(H3,13,14,15,16). The summed E-state index contributed by atoms with van der Waals surface area (Å²) in [7, 11) is 0. The number of ether oxygens (including phenoxy) is 2. The first kappa shape index (κ1) is 12.6. The van der Waals surface area contributed by atoms with Crippen LogP contribution in [0.1, 0.15) is 5.56 Å². The summed E-state index contributed by atoms with van der Waals surface area (Å²) in [6.07, 6.45) is 0. The quantitative estimate of drug-likeness (QED) is 0.831. The van der Waals surface area contributed by atoms with Crippen molar-refractivity contribution in [1.29, 1.82) is 0 Å². The Kier molecular flexibility index (Phi) is 3.52. The van der Waals surface area contributed by atoms with E-state index >= 15 is 0 Å².